The summed E-state index contributed by atoms with van der Waals surface area (Å²) in [6, 6.07) is 21.9. The van der Waals surface area contributed by atoms with Gasteiger partial charge >= 0.3 is 55.5 Å². The number of anilines is 4. The van der Waals surface area contributed by atoms with Crippen molar-refractivity contribution in [3.8, 4) is 0 Å². The molecule has 0 bridgehead atoms. The van der Waals surface area contributed by atoms with Gasteiger partial charge in [0.1, 0.15) is 11.6 Å². The van der Waals surface area contributed by atoms with E-state index >= 15 is 0 Å². The molecule has 2 saturated carbocycles. The van der Waals surface area contributed by atoms with Crippen LogP contribution in [-0.2, 0) is 84.0 Å². The van der Waals surface area contributed by atoms with Crippen LogP contribution >= 0.6 is 0 Å². The summed E-state index contributed by atoms with van der Waals surface area (Å²) in [6.07, 6.45) is -9.28. The molecule has 22 nitrogen and oxygen atoms in total. The molecule has 4 aromatic carbocycles. The average molecular weight is 1500 g/mol. The van der Waals surface area contributed by atoms with E-state index < -0.39 is 52.9 Å². The monoisotopic (exact) mass is 1490 g/mol. The third-order valence-corrected chi connectivity index (χ3v) is 18.5. The van der Waals surface area contributed by atoms with Gasteiger partial charge in [-0.05, 0) is 198 Å². The van der Waals surface area contributed by atoms with Crippen molar-refractivity contribution in [1.29, 1.82) is 0 Å². The standard InChI is InChI=1S/C34H39F6N7O2.C32H35F6N7O2.C5H10O.Li.H3N2O/c1-4-46(19-23-12-10-22(11-13-23)16-30(48)49-5-2)31-26(17-25-8-6-7-9-29(25)41-31)21-47(32-42-44-45(3)43-32)20-24-14-27(33(35,36)37)18-28(15-24)34(38,39)40;1-3-44(17-21-10-8-20(9-11-21)14-28(46)47)29-24(15-23-6-4-5-7-27(23)39-29)19-45(30-40-42-43(2)41-30)18-22-12-25(31(33,34)35)16-26(13-22)32(36,37)38;1-5-3-2-4-6-5;;1-2-3/h6-9,14-15,17-18,22-23H,4-5,10-13,16,19-21H2,1-3H3;4-7,12-13,15-16,20-21H,3,8-11,14,17-19H2,1-2H3,(H,46,47);5H,2-4H2,1H3;;3H,1H2/q;;;+1;-1. The molecule has 0 amide bonds. The van der Waals surface area contributed by atoms with Crippen LogP contribution in [0.15, 0.2) is 97.1 Å². The molecule has 1 aliphatic heterocycles. The Hall–Kier alpha value is -8.42. The number of ether oxygens (including phenoxy) is 2. The molecule has 2 aliphatic carbocycles. The van der Waals surface area contributed by atoms with Crippen LogP contribution in [0.25, 0.3) is 27.4 Å². The number of para-hydroxylation sites is 2. The molecule has 106 heavy (non-hydrogen) atoms. The van der Waals surface area contributed by atoms with Crippen LogP contribution in [0, 0.1) is 23.7 Å². The third kappa shape index (κ3) is 24.8. The van der Waals surface area contributed by atoms with Crippen LogP contribution in [0.3, 0.4) is 0 Å². The SMILES string of the molecule is CC1CCCO1.CCN(CC1CCC(CC(=O)O)CC1)c1nc2ccccc2cc1CN(Cc1cc(C(F)(F)F)cc(C(F)(F)F)c1)c1nnn(C)n1.CCOC(=O)CC1CCC(CN(CC)c2nc3ccccc3cc2CN(Cc2cc(C(F)(F)F)cc(C(F)(F)F)c2)c2nnn(C)n2)CC1.N[N-]O.[Li+]. The molecule has 1 unspecified atom stereocenters. The van der Waals surface area contributed by atoms with Crippen molar-refractivity contribution in [3.05, 3.63) is 147 Å². The second-order valence-electron chi connectivity index (χ2n) is 26.4. The Kier molecular flexibility index (Phi) is 30.7. The van der Waals surface area contributed by atoms with Crippen molar-refractivity contribution in [1.82, 2.24) is 50.4 Å². The maximum absolute atomic E-state index is 13.7. The zero-order chi connectivity index (χ0) is 76.4. The minimum Gasteiger partial charge on any atom is -0.488 e. The Labute approximate surface area is 617 Å². The molecule has 4 aromatic heterocycles. The van der Waals surface area contributed by atoms with Gasteiger partial charge in [-0.2, -0.15) is 62.3 Å². The molecule has 11 rings (SSSR count). The van der Waals surface area contributed by atoms with E-state index in [1.165, 1.54) is 41.5 Å². The van der Waals surface area contributed by atoms with Crippen molar-refractivity contribution < 1.29 is 101 Å². The number of aliphatic carboxylic acids is 1. The number of halogens is 12. The molecular weight excluding hydrogens is 1410 g/mol. The summed E-state index contributed by atoms with van der Waals surface area (Å²) in [4.78, 5) is 42.8. The number of fused-ring (bicyclic) bond motifs is 2. The molecule has 3 aliphatic rings. The van der Waals surface area contributed by atoms with Gasteiger partial charge in [-0.15, -0.1) is 10.2 Å². The first-order valence-electron chi connectivity index (χ1n) is 34.6. The van der Waals surface area contributed by atoms with Crippen LogP contribution in [0.2, 0.25) is 0 Å². The minimum absolute atomic E-state index is 0. The predicted octanol–water partition coefficient (Wildman–Crippen LogP) is 12.5. The van der Waals surface area contributed by atoms with Gasteiger partial charge in [-0.1, -0.05) is 46.6 Å². The molecule has 0 radical (unpaired) electrons. The zero-order valence-electron chi connectivity index (χ0n) is 60.0. The van der Waals surface area contributed by atoms with Crippen LogP contribution in [-0.4, -0.2) is 118 Å². The van der Waals surface area contributed by atoms with Crippen LogP contribution < -0.4 is 44.3 Å². The average Bonchev–Trinajstić information content (AvgIpc) is 1.04. The number of pyridine rings is 2. The number of carboxylic acids is 1. The van der Waals surface area contributed by atoms with E-state index in [4.69, 9.17) is 24.6 Å². The Morgan fingerprint density at radius 3 is 1.23 bits per heavy atom. The van der Waals surface area contributed by atoms with Gasteiger partial charge < -0.3 is 50.8 Å². The number of carbonyl (C=O) groups is 2. The number of carbonyl (C=O) groups excluding carboxylic acids is 1. The van der Waals surface area contributed by atoms with E-state index in [1.54, 1.807) is 6.92 Å². The quantitative estimate of drug-likeness (QED) is 0.0177. The summed E-state index contributed by atoms with van der Waals surface area (Å²) in [5, 5.41) is 42.1. The topological polar surface area (TPSA) is 259 Å². The zero-order valence-corrected chi connectivity index (χ0v) is 60.0. The van der Waals surface area contributed by atoms with Crippen molar-refractivity contribution in [2.45, 2.75) is 162 Å². The van der Waals surface area contributed by atoms with Gasteiger partial charge in [0, 0.05) is 93.7 Å². The Bertz CT molecular complexity index is 4040. The summed E-state index contributed by atoms with van der Waals surface area (Å²) < 4.78 is 175. The van der Waals surface area contributed by atoms with Gasteiger partial charge in [0.2, 0.25) is 0 Å². The first kappa shape index (κ1) is 84.8. The second kappa shape index (κ2) is 38.4. The van der Waals surface area contributed by atoms with E-state index in [0.717, 1.165) is 96.7 Å². The molecule has 3 fully saturated rings. The summed E-state index contributed by atoms with van der Waals surface area (Å²) in [7, 11) is 3.03. The number of rotatable bonds is 23. The van der Waals surface area contributed by atoms with E-state index in [-0.39, 0.29) is 104 Å². The smallest absolute Gasteiger partial charge is 0.488 e. The van der Waals surface area contributed by atoms with Gasteiger partial charge in [0.05, 0.1) is 60.1 Å². The van der Waals surface area contributed by atoms with Gasteiger partial charge in [0.15, 0.2) is 0 Å². The number of tetrazole rings is 2. The maximum atomic E-state index is 13.7. The van der Waals surface area contributed by atoms with Gasteiger partial charge in [-0.3, -0.25) is 9.59 Å². The predicted molar refractivity (Wildman–Crippen MR) is 368 cm³/mol. The number of esters is 1. The minimum atomic E-state index is -4.99. The fourth-order valence-corrected chi connectivity index (χ4v) is 13.4. The third-order valence-electron chi connectivity index (χ3n) is 18.5. The van der Waals surface area contributed by atoms with Gasteiger partial charge in [-0.25, -0.2) is 9.97 Å². The summed E-state index contributed by atoms with van der Waals surface area (Å²) >= 11 is 0. The number of nitrogens with zero attached hydrogens (tertiary/aromatic N) is 15. The van der Waals surface area contributed by atoms with Crippen molar-refractivity contribution in [2.75, 3.05) is 59.0 Å². The normalized spacial score (nSPS) is 17.6. The molecule has 0 spiro atoms. The Balaban J connectivity index is 0.000000262. The number of benzene rings is 4. The van der Waals surface area contributed by atoms with Crippen molar-refractivity contribution in [2.24, 2.45) is 43.6 Å². The fourth-order valence-electron chi connectivity index (χ4n) is 13.4. The molecule has 1 saturated heterocycles. The first-order chi connectivity index (χ1) is 49.7. The largest absolute Gasteiger partial charge is 1.00 e. The molecular formula is C71H87F12LiN16O6. The molecule has 4 N–H and O–H groups in total. The molecule has 8 aromatic rings. The van der Waals surface area contributed by atoms with Crippen LogP contribution in [0.1, 0.15) is 149 Å². The van der Waals surface area contributed by atoms with Crippen molar-refractivity contribution >= 4 is 57.3 Å². The van der Waals surface area contributed by atoms with Crippen LogP contribution in [0.4, 0.5) is 76.2 Å². The number of hydrogen-bond acceptors (Lipinski definition) is 18. The maximum Gasteiger partial charge on any atom is 1.00 e. The van der Waals surface area contributed by atoms with E-state index in [9.17, 15) is 67.4 Å². The van der Waals surface area contributed by atoms with Gasteiger partial charge in [0.25, 0.3) is 11.9 Å². The van der Waals surface area contributed by atoms with Crippen molar-refractivity contribution in [3.63, 3.8) is 0 Å². The molecule has 35 heteroatoms. The Morgan fingerprint density at radius 1 is 0.557 bits per heavy atom. The summed E-state index contributed by atoms with van der Waals surface area (Å²) in [5.74, 6) is 5.47. The first-order valence-corrected chi connectivity index (χ1v) is 34.6. The van der Waals surface area contributed by atoms with E-state index in [0.29, 0.717) is 92.0 Å². The fraction of sp³-hybridized carbons (Fsp3) is 0.521. The molecule has 5 heterocycles. The van der Waals surface area contributed by atoms with E-state index in [1.807, 2.05) is 80.1 Å². The summed E-state index contributed by atoms with van der Waals surface area (Å²) in [6.45, 7) is 11.1. The number of aryl methyl sites for hydroxylation is 2. The van der Waals surface area contributed by atoms with E-state index in [2.05, 4.69) is 53.4 Å². The second-order valence-corrected chi connectivity index (χ2v) is 26.4. The number of alkyl halides is 12. The number of hydrogen-bond donors (Lipinski definition) is 3. The number of nitrogens with two attached hydrogens (primary N) is 1. The Morgan fingerprint density at radius 2 is 0.925 bits per heavy atom. The number of carboxylic acid groups (broad SMARTS) is 1. The van der Waals surface area contributed by atoms with Crippen LogP contribution in [0.5, 0.6) is 0 Å². The number of aromatic nitrogens is 10. The molecule has 572 valence electrons. The summed E-state index contributed by atoms with van der Waals surface area (Å²) in [5.41, 5.74) is -1.18. The molecule has 1 atom stereocenters.